The lowest BCUT2D eigenvalue weighted by Gasteiger charge is -2.20. The topological polar surface area (TPSA) is 215 Å². The Bertz CT molecular complexity index is 1360. The van der Waals surface area contributed by atoms with Gasteiger partial charge in [-0.3, -0.25) is 14.4 Å². The Morgan fingerprint density at radius 3 is 2.14 bits per heavy atom. The van der Waals surface area contributed by atoms with Gasteiger partial charge in [0.15, 0.2) is 5.75 Å². The molecule has 4 N–H and O–H groups in total. The number of pyridine rings is 1. The van der Waals surface area contributed by atoms with E-state index in [0.717, 1.165) is 17.8 Å². The first kappa shape index (κ1) is 42.3. The molecule has 0 aliphatic carbocycles. The maximum Gasteiger partial charge on any atom is 0.305 e. The number of anilines is 1. The normalized spacial score (nSPS) is 11.3. The number of carboxylic acids is 1. The van der Waals surface area contributed by atoms with E-state index in [9.17, 15) is 19.5 Å². The summed E-state index contributed by atoms with van der Waals surface area (Å²) in [7, 11) is 0. The van der Waals surface area contributed by atoms with Crippen LogP contribution in [0.1, 0.15) is 42.9 Å². The highest BCUT2D eigenvalue weighted by atomic mass is 35.5. The number of carbonyl (C=O) groups excluding carboxylic acids is 2. The van der Waals surface area contributed by atoms with Crippen molar-refractivity contribution < 1.29 is 43.2 Å². The highest BCUT2D eigenvalue weighted by Crippen LogP contribution is 2.36. The van der Waals surface area contributed by atoms with Gasteiger partial charge in [0.2, 0.25) is 11.8 Å². The van der Waals surface area contributed by atoms with Gasteiger partial charge in [0.1, 0.15) is 12.4 Å². The molecule has 1 aromatic carbocycles. The van der Waals surface area contributed by atoms with Gasteiger partial charge in [-0.2, -0.15) is 0 Å². The van der Waals surface area contributed by atoms with Gasteiger partial charge >= 0.3 is 5.97 Å². The van der Waals surface area contributed by atoms with Crippen LogP contribution in [0.25, 0.3) is 10.4 Å². The second-order valence-electron chi connectivity index (χ2n) is 10.7. The van der Waals surface area contributed by atoms with Crippen LogP contribution in [0.5, 0.6) is 5.75 Å². The third-order valence-corrected chi connectivity index (χ3v) is 7.19. The first-order chi connectivity index (χ1) is 24.2. The molecule has 1 atom stereocenters. The van der Waals surface area contributed by atoms with Crippen LogP contribution in [0.2, 0.25) is 10.0 Å². The van der Waals surface area contributed by atoms with Gasteiger partial charge in [0.05, 0.1) is 81.9 Å². The molecular formula is C32H45Cl2N7O9. The number of ether oxygens (including phenoxy) is 5. The predicted octanol–water partition coefficient (Wildman–Crippen LogP) is 4.48. The number of halogens is 2. The summed E-state index contributed by atoms with van der Waals surface area (Å²) >= 11 is 12.8. The zero-order chi connectivity index (χ0) is 36.4. The molecule has 276 valence electrons. The summed E-state index contributed by atoms with van der Waals surface area (Å²) in [6, 6.07) is 5.83. The Kier molecular flexibility index (Phi) is 22.0. The van der Waals surface area contributed by atoms with Crippen molar-refractivity contribution in [3.05, 3.63) is 62.1 Å². The van der Waals surface area contributed by atoms with E-state index in [0.29, 0.717) is 64.8 Å². The molecule has 2 aromatic rings. The van der Waals surface area contributed by atoms with E-state index in [2.05, 4.69) is 31.0 Å². The molecule has 0 saturated carbocycles. The number of unbranched alkanes of at least 4 members (excludes halogenated alkanes) is 1. The molecule has 0 fully saturated rings. The summed E-state index contributed by atoms with van der Waals surface area (Å²) in [4.78, 5) is 43.3. The third-order valence-electron chi connectivity index (χ3n) is 6.62. The molecule has 1 aromatic heterocycles. The average molecular weight is 743 g/mol. The Hall–Kier alpha value is -3.89. The predicted molar refractivity (Wildman–Crippen MR) is 187 cm³/mol. The monoisotopic (exact) mass is 741 g/mol. The van der Waals surface area contributed by atoms with Gasteiger partial charge in [-0.1, -0.05) is 28.3 Å². The maximum absolute atomic E-state index is 12.6. The number of aryl methyl sites for hydroxylation is 1. The van der Waals surface area contributed by atoms with Crippen molar-refractivity contribution in [3.8, 4) is 5.75 Å². The van der Waals surface area contributed by atoms with Crippen molar-refractivity contribution >= 4 is 46.8 Å². The lowest BCUT2D eigenvalue weighted by molar-refractivity contribution is -0.138. The van der Waals surface area contributed by atoms with Crippen LogP contribution in [-0.2, 0) is 33.3 Å². The van der Waals surface area contributed by atoms with E-state index in [-0.39, 0.29) is 54.4 Å². The van der Waals surface area contributed by atoms with Crippen molar-refractivity contribution in [3.63, 3.8) is 0 Å². The van der Waals surface area contributed by atoms with Gasteiger partial charge in [0, 0.05) is 30.6 Å². The summed E-state index contributed by atoms with van der Waals surface area (Å²) in [6.07, 6.45) is 2.86. The van der Waals surface area contributed by atoms with Gasteiger partial charge in [-0.25, -0.2) is 4.98 Å². The van der Waals surface area contributed by atoms with Crippen molar-refractivity contribution in [2.75, 3.05) is 84.4 Å². The Labute approximate surface area is 301 Å². The number of azide groups is 1. The van der Waals surface area contributed by atoms with E-state index in [4.69, 9.17) is 52.4 Å². The first-order valence-electron chi connectivity index (χ1n) is 16.1. The van der Waals surface area contributed by atoms with Gasteiger partial charge in [0.25, 0.3) is 0 Å². The van der Waals surface area contributed by atoms with Crippen molar-refractivity contribution in [2.24, 2.45) is 5.11 Å². The molecular weight excluding hydrogens is 697 g/mol. The van der Waals surface area contributed by atoms with Crippen LogP contribution < -0.4 is 20.7 Å². The second-order valence-corrected chi connectivity index (χ2v) is 11.5. The standard InChI is InChI=1S/C32H45Cl2N7O9/c1-23-5-7-37-28(18-23)36-6-3-2-4-29(42)38-22-30(43)40-27(21-31(44)45)24-19-25(33)32(26(34)20-24)50-17-16-49-15-14-48-13-12-47-11-10-46-9-8-39-41-35/h5,7,18-20,27H,2-4,6,8-17,21-22H2,1H3,(H,36,37)(H,38,42)(H,40,43)(H,44,45). The van der Waals surface area contributed by atoms with Crippen LogP contribution in [0.15, 0.2) is 35.6 Å². The summed E-state index contributed by atoms with van der Waals surface area (Å²) in [5.74, 6) is -1.05. The van der Waals surface area contributed by atoms with Crippen molar-refractivity contribution in [1.82, 2.24) is 15.6 Å². The molecule has 16 nitrogen and oxygen atoms in total. The number of amides is 2. The number of carbonyl (C=O) groups is 3. The Balaban J connectivity index is 1.65. The van der Waals surface area contributed by atoms with E-state index in [1.807, 2.05) is 19.1 Å². The minimum Gasteiger partial charge on any atom is -0.488 e. The zero-order valence-corrected chi connectivity index (χ0v) is 29.5. The molecule has 18 heteroatoms. The molecule has 0 saturated heterocycles. The van der Waals surface area contributed by atoms with E-state index in [1.165, 1.54) is 12.1 Å². The number of aromatic nitrogens is 1. The number of hydrogen-bond acceptors (Lipinski definition) is 11. The van der Waals surface area contributed by atoms with Gasteiger partial charge in [-0.05, 0) is 60.7 Å². The number of nitrogens with one attached hydrogen (secondary N) is 3. The molecule has 50 heavy (non-hydrogen) atoms. The smallest absolute Gasteiger partial charge is 0.305 e. The number of hydrogen-bond donors (Lipinski definition) is 4. The summed E-state index contributed by atoms with van der Waals surface area (Å²) in [5, 5.41) is 21.4. The van der Waals surface area contributed by atoms with E-state index < -0.39 is 24.3 Å². The quantitative estimate of drug-likeness (QED) is 0.0413. The third kappa shape index (κ3) is 19.3. The molecule has 2 amide bonds. The fourth-order valence-corrected chi connectivity index (χ4v) is 4.85. The van der Waals surface area contributed by atoms with E-state index in [1.54, 1.807) is 6.20 Å². The van der Waals surface area contributed by atoms with Crippen LogP contribution in [0.4, 0.5) is 5.82 Å². The number of rotatable bonds is 28. The molecule has 0 radical (unpaired) electrons. The molecule has 0 bridgehead atoms. The second kappa shape index (κ2) is 26.0. The molecule has 2 rings (SSSR count). The van der Waals surface area contributed by atoms with Crippen molar-refractivity contribution in [1.29, 1.82) is 0 Å². The number of nitrogens with zero attached hydrogens (tertiary/aromatic N) is 4. The van der Waals surface area contributed by atoms with Gasteiger partial charge in [-0.15, -0.1) is 0 Å². The zero-order valence-electron chi connectivity index (χ0n) is 28.0. The molecule has 0 aliphatic rings. The minimum absolute atomic E-state index is 0.127. The number of carboxylic acid groups (broad SMARTS) is 1. The van der Waals surface area contributed by atoms with Crippen LogP contribution in [-0.4, -0.2) is 107 Å². The van der Waals surface area contributed by atoms with Crippen LogP contribution >= 0.6 is 23.2 Å². The fraction of sp³-hybridized carbons (Fsp3) is 0.562. The number of benzene rings is 1. The molecule has 1 heterocycles. The summed E-state index contributed by atoms with van der Waals surface area (Å²) < 4.78 is 27.2. The summed E-state index contributed by atoms with van der Waals surface area (Å²) in [5.41, 5.74) is 9.63. The minimum atomic E-state index is -1.15. The van der Waals surface area contributed by atoms with Crippen LogP contribution in [0, 0.1) is 6.92 Å². The Morgan fingerprint density at radius 2 is 1.54 bits per heavy atom. The van der Waals surface area contributed by atoms with Crippen LogP contribution in [0.3, 0.4) is 0 Å². The fourth-order valence-electron chi connectivity index (χ4n) is 4.23. The lowest BCUT2D eigenvalue weighted by Crippen LogP contribution is -2.39. The van der Waals surface area contributed by atoms with Gasteiger partial charge < -0.3 is 44.7 Å². The highest BCUT2D eigenvalue weighted by Gasteiger charge is 2.21. The van der Waals surface area contributed by atoms with Crippen molar-refractivity contribution in [2.45, 2.75) is 38.6 Å². The Morgan fingerprint density at radius 1 is 0.920 bits per heavy atom. The number of aliphatic carboxylic acids is 1. The highest BCUT2D eigenvalue weighted by molar-refractivity contribution is 6.37. The first-order valence-corrected chi connectivity index (χ1v) is 16.8. The largest absolute Gasteiger partial charge is 0.488 e. The van der Waals surface area contributed by atoms with E-state index >= 15 is 0 Å². The average Bonchev–Trinajstić information content (AvgIpc) is 3.07. The SMILES string of the molecule is Cc1ccnc(NCCCCC(=O)NCC(=O)NC(CC(=O)O)c2cc(Cl)c(OCCOCCOCCOCCOCCN=[N+]=[N-])c(Cl)c2)c1. The lowest BCUT2D eigenvalue weighted by atomic mass is 10.0. The molecule has 1 unspecified atom stereocenters. The summed E-state index contributed by atoms with van der Waals surface area (Å²) in [6.45, 7) is 5.58. The molecule has 0 aliphatic heterocycles. The molecule has 0 spiro atoms. The maximum atomic E-state index is 12.6.